The molecule has 1 amide bonds. The van der Waals surface area contributed by atoms with Crippen LogP contribution in [0.1, 0.15) is 23.7 Å². The van der Waals surface area contributed by atoms with Crippen LogP contribution >= 0.6 is 0 Å². The molecule has 1 aromatic rings. The average molecular weight is 343 g/mol. The van der Waals surface area contributed by atoms with Gasteiger partial charge in [0.15, 0.2) is 5.75 Å². The van der Waals surface area contributed by atoms with E-state index in [9.17, 15) is 28.8 Å². The summed E-state index contributed by atoms with van der Waals surface area (Å²) >= 11 is 0. The highest BCUT2D eigenvalue weighted by atomic mass is 19.3. The number of hydrogen-bond acceptors (Lipinski definition) is 5. The number of amides is 1. The maximum absolute atomic E-state index is 12.6. The number of benzene rings is 1. The lowest BCUT2D eigenvalue weighted by molar-refractivity contribution is -0.385. The number of phenolic OH excluding ortho intramolecular Hbond substituents is 1. The molecular formula is C15H19F2N3O4. The van der Waals surface area contributed by atoms with Crippen LogP contribution < -0.4 is 0 Å². The molecular weight excluding hydrogens is 324 g/mol. The summed E-state index contributed by atoms with van der Waals surface area (Å²) in [7, 11) is 0. The van der Waals surface area contributed by atoms with Gasteiger partial charge in [0, 0.05) is 37.3 Å². The number of aromatic hydroxyl groups is 1. The number of rotatable bonds is 5. The minimum absolute atomic E-state index is 0.0941. The number of nitro groups is 1. The molecule has 0 saturated carbocycles. The number of halogens is 2. The number of carbonyl (C=O) groups excluding carboxylic acids is 1. The Kier molecular flexibility index (Phi) is 5.66. The quantitative estimate of drug-likeness (QED) is 0.653. The van der Waals surface area contributed by atoms with E-state index in [0.29, 0.717) is 13.0 Å². The van der Waals surface area contributed by atoms with Gasteiger partial charge in [-0.1, -0.05) is 6.92 Å². The van der Waals surface area contributed by atoms with E-state index >= 15 is 0 Å². The van der Waals surface area contributed by atoms with Crippen molar-refractivity contribution in [3.63, 3.8) is 0 Å². The van der Waals surface area contributed by atoms with Crippen LogP contribution in [0, 0.1) is 10.1 Å². The van der Waals surface area contributed by atoms with Gasteiger partial charge in [-0.2, -0.15) is 0 Å². The number of nitrogens with zero attached hydrogens (tertiary/aromatic N) is 3. The molecule has 1 fully saturated rings. The van der Waals surface area contributed by atoms with Crippen LogP contribution in [0.3, 0.4) is 0 Å². The first-order valence-electron chi connectivity index (χ1n) is 7.62. The fraction of sp³-hybridized carbons (Fsp3) is 0.533. The first-order chi connectivity index (χ1) is 11.3. The van der Waals surface area contributed by atoms with Gasteiger partial charge in [0.05, 0.1) is 11.5 Å². The van der Waals surface area contributed by atoms with Crippen molar-refractivity contribution < 1.29 is 23.6 Å². The van der Waals surface area contributed by atoms with Gasteiger partial charge in [0.1, 0.15) is 0 Å². The van der Waals surface area contributed by atoms with Crippen LogP contribution in [-0.4, -0.2) is 64.4 Å². The number of piperazine rings is 1. The Bertz CT molecular complexity index is 627. The molecule has 2 rings (SSSR count). The molecule has 0 aromatic heterocycles. The van der Waals surface area contributed by atoms with Crippen molar-refractivity contribution in [3.8, 4) is 5.75 Å². The van der Waals surface area contributed by atoms with Crippen LogP contribution in [0.15, 0.2) is 18.2 Å². The molecule has 1 N–H and O–H groups in total. The molecule has 1 aliphatic heterocycles. The largest absolute Gasteiger partial charge is 0.502 e. The molecule has 0 radical (unpaired) electrons. The normalized spacial score (nSPS) is 18.8. The second-order valence-corrected chi connectivity index (χ2v) is 5.66. The maximum Gasteiger partial charge on any atom is 0.311 e. The minimum atomic E-state index is -2.43. The van der Waals surface area contributed by atoms with Gasteiger partial charge in [-0.25, -0.2) is 8.78 Å². The molecule has 1 aromatic carbocycles. The summed E-state index contributed by atoms with van der Waals surface area (Å²) in [6.07, 6.45) is -1.81. The minimum Gasteiger partial charge on any atom is -0.502 e. The lowest BCUT2D eigenvalue weighted by Gasteiger charge is -2.41. The molecule has 0 aliphatic carbocycles. The van der Waals surface area contributed by atoms with E-state index in [0.717, 1.165) is 12.1 Å². The standard InChI is InChI=1S/C15H19F2N3O4/c1-2-11-8-19(6-5-18(11)9-14(16)17)15(22)10-3-4-13(21)12(7-10)20(23)24/h3-4,7,11,14,21H,2,5-6,8-9H2,1H3/t11-/m1/s1. The van der Waals surface area contributed by atoms with Gasteiger partial charge in [-0.3, -0.25) is 19.8 Å². The van der Waals surface area contributed by atoms with E-state index in [1.54, 1.807) is 4.90 Å². The molecule has 1 atom stereocenters. The van der Waals surface area contributed by atoms with Crippen LogP contribution in [0.25, 0.3) is 0 Å². The smallest absolute Gasteiger partial charge is 0.311 e. The summed E-state index contributed by atoms with van der Waals surface area (Å²) in [5, 5.41) is 20.3. The molecule has 9 heteroatoms. The van der Waals surface area contributed by atoms with Crippen molar-refractivity contribution in [2.45, 2.75) is 25.8 Å². The second kappa shape index (κ2) is 7.52. The van der Waals surface area contributed by atoms with Gasteiger partial charge < -0.3 is 10.0 Å². The summed E-state index contributed by atoms with van der Waals surface area (Å²) in [6.45, 7) is 2.43. The fourth-order valence-electron chi connectivity index (χ4n) is 2.87. The van der Waals surface area contributed by atoms with E-state index in [4.69, 9.17) is 0 Å². The Morgan fingerprint density at radius 3 is 2.75 bits per heavy atom. The lowest BCUT2D eigenvalue weighted by atomic mass is 10.1. The zero-order valence-corrected chi connectivity index (χ0v) is 13.2. The summed E-state index contributed by atoms with van der Waals surface area (Å²) in [5.74, 6) is -0.919. The molecule has 7 nitrogen and oxygen atoms in total. The van der Waals surface area contributed by atoms with Crippen molar-refractivity contribution in [1.82, 2.24) is 9.80 Å². The van der Waals surface area contributed by atoms with E-state index in [-0.39, 0.29) is 31.2 Å². The number of phenols is 1. The Hall–Kier alpha value is -2.29. The third kappa shape index (κ3) is 3.97. The highest BCUT2D eigenvalue weighted by Crippen LogP contribution is 2.27. The Labute approximate surface area is 137 Å². The first kappa shape index (κ1) is 18.1. The number of nitro benzene ring substituents is 1. The molecule has 0 spiro atoms. The van der Waals surface area contributed by atoms with Crippen LogP contribution in [-0.2, 0) is 0 Å². The zero-order chi connectivity index (χ0) is 17.9. The molecule has 132 valence electrons. The lowest BCUT2D eigenvalue weighted by Crippen LogP contribution is -2.55. The van der Waals surface area contributed by atoms with Crippen molar-refractivity contribution in [1.29, 1.82) is 0 Å². The van der Waals surface area contributed by atoms with Crippen LogP contribution in [0.4, 0.5) is 14.5 Å². The number of alkyl halides is 2. The van der Waals surface area contributed by atoms with Gasteiger partial charge >= 0.3 is 5.69 Å². The van der Waals surface area contributed by atoms with E-state index in [1.165, 1.54) is 11.0 Å². The van der Waals surface area contributed by atoms with E-state index < -0.39 is 28.7 Å². The van der Waals surface area contributed by atoms with E-state index in [2.05, 4.69) is 0 Å². The van der Waals surface area contributed by atoms with Gasteiger partial charge in [0.25, 0.3) is 12.3 Å². The van der Waals surface area contributed by atoms with Crippen LogP contribution in [0.2, 0.25) is 0 Å². The van der Waals surface area contributed by atoms with Crippen molar-refractivity contribution in [3.05, 3.63) is 33.9 Å². The molecule has 1 aliphatic rings. The Morgan fingerprint density at radius 2 is 2.17 bits per heavy atom. The monoisotopic (exact) mass is 343 g/mol. The van der Waals surface area contributed by atoms with Gasteiger partial charge in [0.2, 0.25) is 0 Å². The first-order valence-corrected chi connectivity index (χ1v) is 7.62. The molecule has 0 unspecified atom stereocenters. The topological polar surface area (TPSA) is 86.9 Å². The summed E-state index contributed by atoms with van der Waals surface area (Å²) in [6, 6.07) is 3.28. The summed E-state index contributed by atoms with van der Waals surface area (Å²) in [5.41, 5.74) is -0.444. The third-order valence-corrected chi connectivity index (χ3v) is 4.15. The van der Waals surface area contributed by atoms with Gasteiger partial charge in [-0.15, -0.1) is 0 Å². The van der Waals surface area contributed by atoms with Gasteiger partial charge in [-0.05, 0) is 18.6 Å². The van der Waals surface area contributed by atoms with Crippen molar-refractivity contribution >= 4 is 11.6 Å². The Balaban J connectivity index is 2.13. The van der Waals surface area contributed by atoms with Crippen LogP contribution in [0.5, 0.6) is 5.75 Å². The Morgan fingerprint density at radius 1 is 1.46 bits per heavy atom. The predicted molar refractivity (Wildman–Crippen MR) is 82.3 cm³/mol. The summed E-state index contributed by atoms with van der Waals surface area (Å²) in [4.78, 5) is 25.8. The van der Waals surface area contributed by atoms with Crippen molar-refractivity contribution in [2.24, 2.45) is 0 Å². The highest BCUT2D eigenvalue weighted by molar-refractivity contribution is 5.95. The second-order valence-electron chi connectivity index (χ2n) is 5.66. The maximum atomic E-state index is 12.6. The van der Waals surface area contributed by atoms with E-state index in [1.807, 2.05) is 6.92 Å². The molecule has 1 heterocycles. The predicted octanol–water partition coefficient (Wildman–Crippen LogP) is 2.10. The third-order valence-electron chi connectivity index (χ3n) is 4.15. The summed E-state index contributed by atoms with van der Waals surface area (Å²) < 4.78 is 25.2. The number of carbonyl (C=O) groups is 1. The highest BCUT2D eigenvalue weighted by Gasteiger charge is 2.31. The zero-order valence-electron chi connectivity index (χ0n) is 13.2. The molecule has 24 heavy (non-hydrogen) atoms. The SMILES string of the molecule is CC[C@@H]1CN(C(=O)c2ccc(O)c([N+](=O)[O-])c2)CCN1CC(F)F. The molecule has 1 saturated heterocycles. The van der Waals surface area contributed by atoms with Crippen molar-refractivity contribution in [2.75, 3.05) is 26.2 Å². The fourth-order valence-corrected chi connectivity index (χ4v) is 2.87. The average Bonchev–Trinajstić information content (AvgIpc) is 2.54. The number of hydrogen-bond donors (Lipinski definition) is 1. The molecule has 0 bridgehead atoms.